The first-order chi connectivity index (χ1) is 13.5. The number of aryl methyl sites for hydroxylation is 2. The standard InChI is InChI=1S/C20H26N6O2/c1-15-6-4-5-7-16(15)25-11-8-24(9-12-25)10-13-26-14-21-18-17(26)19(27)23(3)20(28)22(18)2/h4-7,14H,8-13H2,1-3H3. The largest absolute Gasteiger partial charge is 0.369 e. The van der Waals surface area contributed by atoms with Crippen LogP contribution < -0.4 is 16.1 Å². The number of hydrogen-bond acceptors (Lipinski definition) is 5. The van der Waals surface area contributed by atoms with Gasteiger partial charge in [-0.2, -0.15) is 0 Å². The highest BCUT2D eigenvalue weighted by atomic mass is 16.2. The number of anilines is 1. The van der Waals surface area contributed by atoms with E-state index in [-0.39, 0.29) is 11.2 Å². The number of imidazole rings is 1. The average molecular weight is 382 g/mol. The van der Waals surface area contributed by atoms with Gasteiger partial charge in [-0.1, -0.05) is 18.2 Å². The molecular weight excluding hydrogens is 356 g/mol. The molecule has 1 saturated heterocycles. The maximum absolute atomic E-state index is 12.5. The lowest BCUT2D eigenvalue weighted by molar-refractivity contribution is 0.249. The van der Waals surface area contributed by atoms with E-state index < -0.39 is 0 Å². The van der Waals surface area contributed by atoms with Gasteiger partial charge in [-0.3, -0.25) is 18.8 Å². The molecule has 0 radical (unpaired) electrons. The Kier molecular flexibility index (Phi) is 4.80. The topological polar surface area (TPSA) is 68.3 Å². The quantitative estimate of drug-likeness (QED) is 0.660. The van der Waals surface area contributed by atoms with Gasteiger partial charge in [0.1, 0.15) is 0 Å². The molecule has 1 aromatic carbocycles. The molecule has 0 saturated carbocycles. The molecule has 2 aromatic heterocycles. The van der Waals surface area contributed by atoms with Crippen LogP contribution in [0.5, 0.6) is 0 Å². The Balaban J connectivity index is 1.45. The van der Waals surface area contributed by atoms with E-state index in [1.165, 1.54) is 22.9 Å². The summed E-state index contributed by atoms with van der Waals surface area (Å²) in [6, 6.07) is 8.50. The smallest absolute Gasteiger partial charge is 0.332 e. The molecular formula is C20H26N6O2. The van der Waals surface area contributed by atoms with Crippen molar-refractivity contribution in [1.29, 1.82) is 0 Å². The first-order valence-electron chi connectivity index (χ1n) is 9.61. The molecule has 0 unspecified atom stereocenters. The molecule has 0 amide bonds. The second-order valence-electron chi connectivity index (χ2n) is 7.43. The number of rotatable bonds is 4. The Hall–Kier alpha value is -2.87. The second kappa shape index (κ2) is 7.27. The van der Waals surface area contributed by atoms with Crippen LogP contribution in [0.4, 0.5) is 5.69 Å². The van der Waals surface area contributed by atoms with Gasteiger partial charge in [-0.25, -0.2) is 9.78 Å². The van der Waals surface area contributed by atoms with Gasteiger partial charge in [-0.15, -0.1) is 0 Å². The summed E-state index contributed by atoms with van der Waals surface area (Å²) in [6.45, 7) is 7.62. The molecule has 148 valence electrons. The van der Waals surface area contributed by atoms with Gasteiger partial charge in [0.05, 0.1) is 6.33 Å². The van der Waals surface area contributed by atoms with Gasteiger partial charge in [-0.05, 0) is 18.6 Å². The maximum Gasteiger partial charge on any atom is 0.332 e. The van der Waals surface area contributed by atoms with Gasteiger partial charge < -0.3 is 9.47 Å². The molecule has 1 aliphatic rings. The molecule has 0 atom stereocenters. The van der Waals surface area contributed by atoms with E-state index in [9.17, 15) is 9.59 Å². The minimum Gasteiger partial charge on any atom is -0.369 e. The first-order valence-corrected chi connectivity index (χ1v) is 9.61. The normalized spacial score (nSPS) is 15.5. The van der Waals surface area contributed by atoms with Crippen LogP contribution in [0.15, 0.2) is 40.2 Å². The van der Waals surface area contributed by atoms with Crippen molar-refractivity contribution in [3.63, 3.8) is 0 Å². The van der Waals surface area contributed by atoms with Crippen LogP contribution in [0.25, 0.3) is 11.2 Å². The van der Waals surface area contributed by atoms with Crippen LogP contribution in [-0.4, -0.2) is 56.3 Å². The zero-order chi connectivity index (χ0) is 19.8. The van der Waals surface area contributed by atoms with Gasteiger partial charge in [0, 0.05) is 59.1 Å². The summed E-state index contributed by atoms with van der Waals surface area (Å²) in [5, 5.41) is 0. The number of para-hydroxylation sites is 1. The van der Waals surface area contributed by atoms with Crippen molar-refractivity contribution in [3.05, 3.63) is 57.0 Å². The molecule has 0 N–H and O–H groups in total. The summed E-state index contributed by atoms with van der Waals surface area (Å²) in [5.41, 5.74) is 2.91. The number of piperazine rings is 1. The van der Waals surface area contributed by atoms with Crippen molar-refractivity contribution in [2.24, 2.45) is 14.1 Å². The highest BCUT2D eigenvalue weighted by Gasteiger charge is 2.19. The SMILES string of the molecule is Cc1ccccc1N1CCN(CCn2cnc3c2c(=O)n(C)c(=O)n3C)CC1. The molecule has 4 rings (SSSR count). The van der Waals surface area contributed by atoms with E-state index in [0.29, 0.717) is 17.7 Å². The van der Waals surface area contributed by atoms with E-state index in [1.54, 1.807) is 13.4 Å². The third kappa shape index (κ3) is 3.13. The number of aromatic nitrogens is 4. The minimum atomic E-state index is -0.352. The maximum atomic E-state index is 12.5. The van der Waals surface area contributed by atoms with Crippen LogP contribution in [0.2, 0.25) is 0 Å². The van der Waals surface area contributed by atoms with E-state index in [4.69, 9.17) is 0 Å². The lowest BCUT2D eigenvalue weighted by Crippen LogP contribution is -2.47. The lowest BCUT2D eigenvalue weighted by atomic mass is 10.1. The monoisotopic (exact) mass is 382 g/mol. The molecule has 1 aliphatic heterocycles. The Labute approximate surface area is 163 Å². The number of benzene rings is 1. The summed E-state index contributed by atoms with van der Waals surface area (Å²) in [5.74, 6) is 0. The van der Waals surface area contributed by atoms with Gasteiger partial charge in [0.25, 0.3) is 5.56 Å². The van der Waals surface area contributed by atoms with Gasteiger partial charge in [0.2, 0.25) is 0 Å². The predicted octanol–water partition coefficient (Wildman–Crippen LogP) is 0.564. The summed E-state index contributed by atoms with van der Waals surface area (Å²) >= 11 is 0. The van der Waals surface area contributed by atoms with Crippen LogP contribution in [0.1, 0.15) is 5.56 Å². The zero-order valence-electron chi connectivity index (χ0n) is 16.6. The summed E-state index contributed by atoms with van der Waals surface area (Å²) < 4.78 is 4.43. The fourth-order valence-electron chi connectivity index (χ4n) is 3.95. The number of hydrogen-bond donors (Lipinski definition) is 0. The van der Waals surface area contributed by atoms with Crippen molar-refractivity contribution in [2.45, 2.75) is 13.5 Å². The third-order valence-corrected chi connectivity index (χ3v) is 5.70. The Morgan fingerprint density at radius 1 is 0.964 bits per heavy atom. The molecule has 1 fully saturated rings. The summed E-state index contributed by atoms with van der Waals surface area (Å²) in [6.07, 6.45) is 1.66. The van der Waals surface area contributed by atoms with E-state index in [2.05, 4.69) is 46.0 Å². The molecule has 8 heteroatoms. The van der Waals surface area contributed by atoms with E-state index in [0.717, 1.165) is 37.3 Å². The lowest BCUT2D eigenvalue weighted by Gasteiger charge is -2.36. The van der Waals surface area contributed by atoms with Crippen molar-refractivity contribution in [1.82, 2.24) is 23.6 Å². The average Bonchev–Trinajstić information content (AvgIpc) is 3.14. The fourth-order valence-corrected chi connectivity index (χ4v) is 3.95. The van der Waals surface area contributed by atoms with Crippen molar-refractivity contribution < 1.29 is 0 Å². The molecule has 28 heavy (non-hydrogen) atoms. The molecule has 8 nitrogen and oxygen atoms in total. The Morgan fingerprint density at radius 3 is 2.39 bits per heavy atom. The van der Waals surface area contributed by atoms with E-state index >= 15 is 0 Å². The molecule has 0 aliphatic carbocycles. The first kappa shape index (κ1) is 18.5. The number of fused-ring (bicyclic) bond motifs is 1. The highest BCUT2D eigenvalue weighted by Crippen LogP contribution is 2.20. The zero-order valence-corrected chi connectivity index (χ0v) is 16.6. The Bertz CT molecular complexity index is 1120. The molecule has 0 bridgehead atoms. The second-order valence-corrected chi connectivity index (χ2v) is 7.43. The number of nitrogens with zero attached hydrogens (tertiary/aromatic N) is 6. The molecule has 3 aromatic rings. The summed E-state index contributed by atoms with van der Waals surface area (Å²) in [4.78, 5) is 33.7. The van der Waals surface area contributed by atoms with E-state index in [1.807, 2.05) is 4.57 Å². The van der Waals surface area contributed by atoms with Crippen LogP contribution in [-0.2, 0) is 20.6 Å². The minimum absolute atomic E-state index is 0.292. The highest BCUT2D eigenvalue weighted by molar-refractivity contribution is 5.69. The Morgan fingerprint density at radius 2 is 1.68 bits per heavy atom. The fraction of sp³-hybridized carbons (Fsp3) is 0.450. The predicted molar refractivity (Wildman–Crippen MR) is 110 cm³/mol. The van der Waals surface area contributed by atoms with Gasteiger partial charge in [0.15, 0.2) is 11.2 Å². The van der Waals surface area contributed by atoms with Crippen LogP contribution in [0, 0.1) is 6.92 Å². The van der Waals surface area contributed by atoms with Gasteiger partial charge >= 0.3 is 5.69 Å². The molecule has 3 heterocycles. The summed E-state index contributed by atoms with van der Waals surface area (Å²) in [7, 11) is 3.15. The van der Waals surface area contributed by atoms with Crippen LogP contribution >= 0.6 is 0 Å². The van der Waals surface area contributed by atoms with Crippen molar-refractivity contribution in [2.75, 3.05) is 37.6 Å². The van der Waals surface area contributed by atoms with Crippen molar-refractivity contribution in [3.8, 4) is 0 Å². The van der Waals surface area contributed by atoms with Crippen LogP contribution in [0.3, 0.4) is 0 Å². The van der Waals surface area contributed by atoms with Crippen molar-refractivity contribution >= 4 is 16.9 Å². The third-order valence-electron chi connectivity index (χ3n) is 5.70. The molecule has 0 spiro atoms.